The van der Waals surface area contributed by atoms with Crippen molar-refractivity contribution >= 4 is 11.9 Å². The molecule has 0 amide bonds. The molecule has 0 aromatic rings. The lowest BCUT2D eigenvalue weighted by molar-refractivity contribution is -0.167. The fourth-order valence-electron chi connectivity index (χ4n) is 1.55. The quantitative estimate of drug-likeness (QED) is 0.375. The Hall–Kier alpha value is -1.22. The Morgan fingerprint density at radius 2 is 1.43 bits per heavy atom. The lowest BCUT2D eigenvalue weighted by Gasteiger charge is -2.31. The molecule has 2 N–H and O–H groups in total. The molecular formula is C15H28O8. The number of hydrogen-bond acceptors (Lipinski definition) is 8. The molecule has 2 unspecified atom stereocenters. The second kappa shape index (κ2) is 11.3. The largest absolute Gasteiger partial charge is 0.463 e. The van der Waals surface area contributed by atoms with Gasteiger partial charge in [0.25, 0.3) is 0 Å². The second-order valence-corrected chi connectivity index (χ2v) is 5.47. The van der Waals surface area contributed by atoms with Crippen molar-refractivity contribution in [3.05, 3.63) is 0 Å². The minimum Gasteiger partial charge on any atom is -0.463 e. The molecule has 0 radical (unpaired) electrons. The maximum Gasteiger partial charge on any atom is 0.334 e. The molecule has 2 atom stereocenters. The van der Waals surface area contributed by atoms with Crippen LogP contribution in [0, 0.1) is 5.41 Å². The molecule has 0 fully saturated rings. The normalized spacial score (nSPS) is 16.3. The van der Waals surface area contributed by atoms with Gasteiger partial charge in [0, 0.05) is 7.11 Å². The monoisotopic (exact) mass is 336 g/mol. The molecule has 8 nitrogen and oxygen atoms in total. The Balaban J connectivity index is 4.76. The summed E-state index contributed by atoms with van der Waals surface area (Å²) in [4.78, 5) is 22.9. The zero-order chi connectivity index (χ0) is 17.9. The molecule has 0 aromatic carbocycles. The van der Waals surface area contributed by atoms with Gasteiger partial charge in [0.1, 0.15) is 25.4 Å². The average molecular weight is 336 g/mol. The average Bonchev–Trinajstić information content (AvgIpc) is 2.52. The molecule has 0 saturated heterocycles. The van der Waals surface area contributed by atoms with Crippen molar-refractivity contribution in [3.63, 3.8) is 0 Å². The van der Waals surface area contributed by atoms with Crippen molar-refractivity contribution < 1.29 is 38.7 Å². The van der Waals surface area contributed by atoms with E-state index in [1.165, 1.54) is 13.8 Å². The van der Waals surface area contributed by atoms with E-state index in [0.29, 0.717) is 19.6 Å². The molecule has 8 heteroatoms. The lowest BCUT2D eigenvalue weighted by Crippen LogP contribution is -2.40. The summed E-state index contributed by atoms with van der Waals surface area (Å²) in [6, 6.07) is 0. The molecule has 0 aliphatic rings. The van der Waals surface area contributed by atoms with Crippen molar-refractivity contribution in [2.45, 2.75) is 39.4 Å². The van der Waals surface area contributed by atoms with Gasteiger partial charge >= 0.3 is 11.9 Å². The first-order valence-corrected chi connectivity index (χ1v) is 7.54. The zero-order valence-electron chi connectivity index (χ0n) is 14.2. The summed E-state index contributed by atoms with van der Waals surface area (Å²) in [5, 5.41) is 18.4. The van der Waals surface area contributed by atoms with Crippen molar-refractivity contribution in [2.75, 3.05) is 40.1 Å². The van der Waals surface area contributed by atoms with Crippen LogP contribution < -0.4 is 0 Å². The third-order valence-electron chi connectivity index (χ3n) is 3.31. The van der Waals surface area contributed by atoms with E-state index < -0.39 is 29.6 Å². The van der Waals surface area contributed by atoms with E-state index >= 15 is 0 Å². The molecule has 0 aliphatic carbocycles. The summed E-state index contributed by atoms with van der Waals surface area (Å²) in [5.41, 5.74) is -0.761. The Morgan fingerprint density at radius 1 is 0.957 bits per heavy atom. The first-order chi connectivity index (χ1) is 10.8. The molecule has 0 saturated carbocycles. The van der Waals surface area contributed by atoms with E-state index in [2.05, 4.69) is 0 Å². The van der Waals surface area contributed by atoms with E-state index in [1.54, 1.807) is 7.11 Å². The van der Waals surface area contributed by atoms with Gasteiger partial charge in [0.15, 0.2) is 0 Å². The van der Waals surface area contributed by atoms with Crippen LogP contribution in [0.1, 0.15) is 27.2 Å². The number of aliphatic hydroxyl groups excluding tert-OH is 2. The van der Waals surface area contributed by atoms with Crippen LogP contribution in [0.25, 0.3) is 0 Å². The summed E-state index contributed by atoms with van der Waals surface area (Å²) in [6.45, 7) is 5.21. The van der Waals surface area contributed by atoms with Crippen molar-refractivity contribution in [3.8, 4) is 0 Å². The fourth-order valence-corrected chi connectivity index (χ4v) is 1.55. The topological polar surface area (TPSA) is 112 Å². The third kappa shape index (κ3) is 8.85. The highest BCUT2D eigenvalue weighted by atomic mass is 16.6. The van der Waals surface area contributed by atoms with Crippen LogP contribution in [0.4, 0.5) is 0 Å². The standard InChI is InChI=1S/C15H28O8/c1-5-15(8-21-7-6-20-4,9-22-13(18)11(2)16)10-23-14(19)12(3)17/h11-12,16-17H,5-10H2,1-4H3. The van der Waals surface area contributed by atoms with Gasteiger partial charge in [0.05, 0.1) is 25.2 Å². The molecule has 0 spiro atoms. The molecular weight excluding hydrogens is 308 g/mol. The van der Waals surface area contributed by atoms with Crippen LogP contribution in [0.5, 0.6) is 0 Å². The summed E-state index contributed by atoms with van der Waals surface area (Å²) in [5.74, 6) is -1.52. The molecule has 136 valence electrons. The maximum atomic E-state index is 11.4. The molecule has 0 aromatic heterocycles. The number of rotatable bonds is 12. The summed E-state index contributed by atoms with van der Waals surface area (Å²) in [7, 11) is 1.55. The van der Waals surface area contributed by atoms with E-state index in [1.807, 2.05) is 6.92 Å². The highest BCUT2D eigenvalue weighted by Gasteiger charge is 2.33. The van der Waals surface area contributed by atoms with Crippen LogP contribution in [-0.2, 0) is 28.5 Å². The van der Waals surface area contributed by atoms with Gasteiger partial charge in [-0.05, 0) is 20.3 Å². The number of hydrogen-bond donors (Lipinski definition) is 2. The van der Waals surface area contributed by atoms with E-state index in [0.717, 1.165) is 0 Å². The molecule has 0 bridgehead atoms. The zero-order valence-corrected chi connectivity index (χ0v) is 14.2. The Bertz CT molecular complexity index is 329. The first kappa shape index (κ1) is 21.8. The predicted molar refractivity (Wildman–Crippen MR) is 80.7 cm³/mol. The van der Waals surface area contributed by atoms with Gasteiger partial charge < -0.3 is 29.2 Å². The van der Waals surface area contributed by atoms with Crippen LogP contribution in [-0.4, -0.2) is 74.5 Å². The van der Waals surface area contributed by atoms with Crippen LogP contribution in [0.3, 0.4) is 0 Å². The number of methoxy groups -OCH3 is 1. The van der Waals surface area contributed by atoms with Crippen LogP contribution in [0.2, 0.25) is 0 Å². The van der Waals surface area contributed by atoms with Gasteiger partial charge in [-0.2, -0.15) is 0 Å². The van der Waals surface area contributed by atoms with Gasteiger partial charge in [-0.1, -0.05) is 6.92 Å². The minimum absolute atomic E-state index is 0.0761. The van der Waals surface area contributed by atoms with Crippen LogP contribution in [0.15, 0.2) is 0 Å². The smallest absolute Gasteiger partial charge is 0.334 e. The number of aliphatic hydroxyl groups is 2. The SMILES string of the molecule is CCC(COCCOC)(COC(=O)C(C)O)COC(=O)C(C)O. The van der Waals surface area contributed by atoms with Gasteiger partial charge in [-0.15, -0.1) is 0 Å². The molecule has 0 heterocycles. The second-order valence-electron chi connectivity index (χ2n) is 5.47. The lowest BCUT2D eigenvalue weighted by atomic mass is 9.88. The summed E-state index contributed by atoms with van der Waals surface area (Å²) in [6.07, 6.45) is -1.97. The number of carbonyl (C=O) groups is 2. The van der Waals surface area contributed by atoms with Crippen molar-refractivity contribution in [2.24, 2.45) is 5.41 Å². The highest BCUT2D eigenvalue weighted by Crippen LogP contribution is 2.24. The van der Waals surface area contributed by atoms with E-state index in [4.69, 9.17) is 18.9 Å². The van der Waals surface area contributed by atoms with Crippen molar-refractivity contribution in [1.29, 1.82) is 0 Å². The maximum absolute atomic E-state index is 11.4. The number of esters is 2. The number of carbonyl (C=O) groups excluding carboxylic acids is 2. The third-order valence-corrected chi connectivity index (χ3v) is 3.31. The summed E-state index contributed by atoms with van der Waals surface area (Å²) >= 11 is 0. The number of ether oxygens (including phenoxy) is 4. The van der Waals surface area contributed by atoms with Gasteiger partial charge in [0.2, 0.25) is 0 Å². The molecule has 0 rings (SSSR count). The Morgan fingerprint density at radius 3 is 1.78 bits per heavy atom. The van der Waals surface area contributed by atoms with E-state index in [-0.39, 0.29) is 19.8 Å². The van der Waals surface area contributed by atoms with Crippen molar-refractivity contribution in [1.82, 2.24) is 0 Å². The Kier molecular flexibility index (Phi) is 10.7. The molecule has 0 aliphatic heterocycles. The Labute approximate surface area is 136 Å². The highest BCUT2D eigenvalue weighted by molar-refractivity contribution is 5.74. The van der Waals surface area contributed by atoms with Gasteiger partial charge in [-0.3, -0.25) is 0 Å². The molecule has 23 heavy (non-hydrogen) atoms. The first-order valence-electron chi connectivity index (χ1n) is 7.54. The summed E-state index contributed by atoms with van der Waals surface area (Å²) < 4.78 is 20.5. The fraction of sp³-hybridized carbons (Fsp3) is 0.867. The van der Waals surface area contributed by atoms with E-state index in [9.17, 15) is 19.8 Å². The van der Waals surface area contributed by atoms with Gasteiger partial charge in [-0.25, -0.2) is 9.59 Å². The minimum atomic E-state index is -1.24. The predicted octanol–water partition coefficient (Wildman–Crippen LogP) is -0.106. The van der Waals surface area contributed by atoms with Crippen LogP contribution >= 0.6 is 0 Å².